The molecular weight excluding hydrogens is 598 g/mol. The maximum atomic E-state index is 12.1. The Morgan fingerprint density at radius 2 is 1.44 bits per heavy atom. The molecule has 1 aliphatic carbocycles. The second kappa shape index (κ2) is 16.0. The average Bonchev–Trinajstić information content (AvgIpc) is 2.99. The van der Waals surface area contributed by atoms with Gasteiger partial charge in [-0.15, -0.1) is 0 Å². The van der Waals surface area contributed by atoms with Crippen molar-refractivity contribution >= 4 is 37.8 Å². The Morgan fingerprint density at radius 3 is 2.02 bits per heavy atom. The van der Waals surface area contributed by atoms with E-state index in [4.69, 9.17) is 9.47 Å². The van der Waals surface area contributed by atoms with E-state index in [1.807, 2.05) is 4.72 Å². The van der Waals surface area contributed by atoms with Gasteiger partial charge in [0, 0.05) is 18.7 Å². The van der Waals surface area contributed by atoms with Crippen LogP contribution in [-0.2, 0) is 24.8 Å². The predicted octanol–water partition coefficient (Wildman–Crippen LogP) is 3.51. The lowest BCUT2D eigenvalue weighted by molar-refractivity contribution is 0.101. The quantitative estimate of drug-likeness (QED) is 0.209. The Hall–Kier alpha value is -4.08. The number of methoxy groups -OCH3 is 1. The number of rotatable bonds is 11. The molecule has 232 valence electrons. The number of ketones is 1. The number of aromatic nitrogens is 2. The van der Waals surface area contributed by atoms with Gasteiger partial charge in [-0.25, -0.2) is 41.0 Å². The van der Waals surface area contributed by atoms with E-state index in [1.165, 1.54) is 55.7 Å². The fourth-order valence-electron chi connectivity index (χ4n) is 3.98. The summed E-state index contributed by atoms with van der Waals surface area (Å²) in [7, 11) is -6.04. The summed E-state index contributed by atoms with van der Waals surface area (Å²) in [5.74, 6) is 0.277. The molecule has 1 fully saturated rings. The molecule has 0 aliphatic heterocycles. The van der Waals surface area contributed by atoms with E-state index < -0.39 is 26.1 Å². The maximum Gasteiger partial charge on any atom is 0.328 e. The number of carbonyl (C=O) groups is 2. The van der Waals surface area contributed by atoms with E-state index in [0.29, 0.717) is 24.5 Å². The lowest BCUT2D eigenvalue weighted by Gasteiger charge is -2.22. The van der Waals surface area contributed by atoms with Crippen LogP contribution in [0, 0.1) is 0 Å². The SMILES string of the molecule is CC(=O)c1ccc(S(=O)(=O)NC(=O)NC2CCCCC2)cc1.COCCOc1cnc(NS(=O)(=O)c2ccccc2)nc1. The highest BCUT2D eigenvalue weighted by Gasteiger charge is 2.21. The number of benzene rings is 2. The second-order valence-corrected chi connectivity index (χ2v) is 12.9. The first-order chi connectivity index (χ1) is 20.5. The molecule has 0 spiro atoms. The molecule has 1 heterocycles. The number of Topliss-reactive ketones (excluding diaryl/α,β-unsaturated/α-hetero) is 1. The summed E-state index contributed by atoms with van der Waals surface area (Å²) in [4.78, 5) is 30.9. The van der Waals surface area contributed by atoms with Crippen molar-refractivity contribution in [1.82, 2.24) is 20.0 Å². The molecular formula is C28H35N5O8S2. The molecule has 0 saturated heterocycles. The third-order valence-corrected chi connectivity index (χ3v) is 8.89. The van der Waals surface area contributed by atoms with Crippen LogP contribution < -0.4 is 19.5 Å². The molecule has 0 bridgehead atoms. The van der Waals surface area contributed by atoms with E-state index in [2.05, 4.69) is 20.0 Å². The van der Waals surface area contributed by atoms with Gasteiger partial charge in [0.15, 0.2) is 11.5 Å². The lowest BCUT2D eigenvalue weighted by Crippen LogP contribution is -2.45. The number of amides is 2. The van der Waals surface area contributed by atoms with E-state index in [1.54, 1.807) is 25.3 Å². The van der Waals surface area contributed by atoms with Crippen molar-refractivity contribution in [3.63, 3.8) is 0 Å². The molecule has 3 aromatic rings. The third kappa shape index (κ3) is 10.9. The molecule has 1 aliphatic rings. The normalized spacial score (nSPS) is 13.6. The highest BCUT2D eigenvalue weighted by molar-refractivity contribution is 7.92. The number of nitrogens with one attached hydrogen (secondary N) is 3. The zero-order chi connectivity index (χ0) is 31.3. The van der Waals surface area contributed by atoms with E-state index >= 15 is 0 Å². The highest BCUT2D eigenvalue weighted by Crippen LogP contribution is 2.18. The number of ether oxygens (including phenoxy) is 2. The van der Waals surface area contributed by atoms with Crippen LogP contribution in [-0.4, -0.2) is 65.0 Å². The number of carbonyl (C=O) groups excluding carboxylic acids is 2. The summed E-state index contributed by atoms with van der Waals surface area (Å²) in [5, 5.41) is 2.69. The molecule has 0 radical (unpaired) electrons. The van der Waals surface area contributed by atoms with Crippen molar-refractivity contribution in [3.05, 3.63) is 72.6 Å². The maximum absolute atomic E-state index is 12.1. The number of sulfonamides is 2. The Balaban J connectivity index is 0.000000236. The Morgan fingerprint density at radius 1 is 0.837 bits per heavy atom. The topological polar surface area (TPSA) is 183 Å². The number of nitrogens with zero attached hydrogens (tertiary/aromatic N) is 2. The first kappa shape index (κ1) is 33.4. The average molecular weight is 634 g/mol. The van der Waals surface area contributed by atoms with Gasteiger partial charge in [0.1, 0.15) is 6.61 Å². The van der Waals surface area contributed by atoms with E-state index in [9.17, 15) is 26.4 Å². The third-order valence-electron chi connectivity index (χ3n) is 6.20. The van der Waals surface area contributed by atoms with Crippen molar-refractivity contribution in [2.24, 2.45) is 0 Å². The van der Waals surface area contributed by atoms with Gasteiger partial charge in [-0.1, -0.05) is 49.6 Å². The number of urea groups is 1. The summed E-state index contributed by atoms with van der Waals surface area (Å²) < 4.78 is 62.8. The standard InChI is InChI=1S/C15H20N2O4S.C13H15N3O4S/c1-11(18)12-7-9-14(10-8-12)22(20,21)17-15(19)16-13-5-3-2-4-6-13;1-19-7-8-20-11-9-14-13(15-10-11)16-21(17,18)12-5-3-2-4-6-12/h7-10,13H,2-6H2,1H3,(H2,16,17,19);2-6,9-10H,7-8H2,1H3,(H,14,15,16). The summed E-state index contributed by atoms with van der Waals surface area (Å²) >= 11 is 0. The molecule has 13 nitrogen and oxygen atoms in total. The van der Waals surface area contributed by atoms with Crippen LogP contribution in [0.3, 0.4) is 0 Å². The number of anilines is 1. The summed E-state index contributed by atoms with van der Waals surface area (Å²) in [6, 6.07) is 12.8. The minimum Gasteiger partial charge on any atom is -0.488 e. The fourth-order valence-corrected chi connectivity index (χ4v) is 5.87. The molecule has 1 saturated carbocycles. The lowest BCUT2D eigenvalue weighted by atomic mass is 9.96. The summed E-state index contributed by atoms with van der Waals surface area (Å²) in [6.45, 7) is 2.22. The summed E-state index contributed by atoms with van der Waals surface area (Å²) in [6.07, 6.45) is 7.79. The first-order valence-electron chi connectivity index (χ1n) is 13.5. The first-order valence-corrected chi connectivity index (χ1v) is 16.4. The van der Waals surface area contributed by atoms with Crippen LogP contribution in [0.4, 0.5) is 10.7 Å². The number of hydrogen-bond donors (Lipinski definition) is 3. The molecule has 43 heavy (non-hydrogen) atoms. The Kier molecular flexibility index (Phi) is 12.4. The number of hydrogen-bond acceptors (Lipinski definition) is 10. The minimum absolute atomic E-state index is 0.0158. The van der Waals surface area contributed by atoms with Crippen LogP contribution in [0.15, 0.2) is 76.8 Å². The van der Waals surface area contributed by atoms with Gasteiger partial charge >= 0.3 is 6.03 Å². The van der Waals surface area contributed by atoms with Crippen molar-refractivity contribution in [2.45, 2.75) is 54.9 Å². The van der Waals surface area contributed by atoms with Crippen LogP contribution >= 0.6 is 0 Å². The smallest absolute Gasteiger partial charge is 0.328 e. The van der Waals surface area contributed by atoms with Gasteiger partial charge in [-0.2, -0.15) is 0 Å². The molecule has 15 heteroatoms. The van der Waals surface area contributed by atoms with E-state index in [-0.39, 0.29) is 27.6 Å². The minimum atomic E-state index is -3.93. The fraction of sp³-hybridized carbons (Fsp3) is 0.357. The highest BCUT2D eigenvalue weighted by atomic mass is 32.2. The van der Waals surface area contributed by atoms with Crippen LogP contribution in [0.2, 0.25) is 0 Å². The van der Waals surface area contributed by atoms with Crippen molar-refractivity contribution in [3.8, 4) is 5.75 Å². The van der Waals surface area contributed by atoms with Crippen LogP contribution in [0.25, 0.3) is 0 Å². The van der Waals surface area contributed by atoms with Gasteiger partial charge in [0.2, 0.25) is 5.95 Å². The molecule has 3 N–H and O–H groups in total. The van der Waals surface area contributed by atoms with Crippen LogP contribution in [0.1, 0.15) is 49.4 Å². The summed E-state index contributed by atoms with van der Waals surface area (Å²) in [5.41, 5.74) is 0.422. The molecule has 1 aromatic heterocycles. The Bertz CT molecular complexity index is 1540. The largest absolute Gasteiger partial charge is 0.488 e. The van der Waals surface area contributed by atoms with Gasteiger partial charge in [0.05, 0.1) is 28.8 Å². The molecule has 0 unspecified atom stereocenters. The van der Waals surface area contributed by atoms with Gasteiger partial charge in [-0.3, -0.25) is 4.79 Å². The van der Waals surface area contributed by atoms with Gasteiger partial charge < -0.3 is 14.8 Å². The van der Waals surface area contributed by atoms with Crippen molar-refractivity contribution < 1.29 is 35.9 Å². The molecule has 2 amide bonds. The van der Waals surface area contributed by atoms with Gasteiger partial charge in [0.25, 0.3) is 20.0 Å². The zero-order valence-electron chi connectivity index (χ0n) is 23.9. The molecule has 4 rings (SSSR count). The zero-order valence-corrected chi connectivity index (χ0v) is 25.5. The molecule has 0 atom stereocenters. The van der Waals surface area contributed by atoms with Crippen molar-refractivity contribution in [1.29, 1.82) is 0 Å². The molecule has 2 aromatic carbocycles. The predicted molar refractivity (Wildman–Crippen MR) is 159 cm³/mol. The Labute approximate surface area is 251 Å². The monoisotopic (exact) mass is 633 g/mol. The van der Waals surface area contributed by atoms with Crippen LogP contribution in [0.5, 0.6) is 5.75 Å². The second-order valence-electron chi connectivity index (χ2n) is 9.50. The van der Waals surface area contributed by atoms with E-state index in [0.717, 1.165) is 32.1 Å². The van der Waals surface area contributed by atoms with Crippen molar-refractivity contribution in [2.75, 3.05) is 25.0 Å². The van der Waals surface area contributed by atoms with Gasteiger partial charge in [-0.05, 0) is 44.0 Å².